The largest absolute Gasteiger partial charge is 0.493 e. The van der Waals surface area contributed by atoms with Gasteiger partial charge in [-0.15, -0.1) is 5.10 Å². The lowest BCUT2D eigenvalue weighted by molar-refractivity contribution is 0.0690. The fraction of sp³-hybridized carbons (Fsp3) is 0.111. The lowest BCUT2D eigenvalue weighted by Crippen LogP contribution is -2.00. The van der Waals surface area contributed by atoms with E-state index in [1.165, 1.54) is 30.3 Å². The van der Waals surface area contributed by atoms with Crippen molar-refractivity contribution in [3.8, 4) is 11.4 Å². The number of hydrogen-bond acceptors (Lipinski definition) is 5. The van der Waals surface area contributed by atoms with Crippen LogP contribution in [0.2, 0.25) is 5.15 Å². The summed E-state index contributed by atoms with van der Waals surface area (Å²) in [6.45, 7) is 0. The quantitative estimate of drug-likeness (QED) is 0.823. The first-order valence-electron chi connectivity index (χ1n) is 4.47. The average molecular weight is 255 g/mol. The van der Waals surface area contributed by atoms with Crippen molar-refractivity contribution >= 4 is 17.6 Å². The second-order valence-electron chi connectivity index (χ2n) is 3.03. The summed E-state index contributed by atoms with van der Waals surface area (Å²) in [4.78, 5) is 14.5. The molecule has 0 bridgehead atoms. The molecule has 8 heteroatoms. The Morgan fingerprint density at radius 1 is 1.59 bits per heavy atom. The lowest BCUT2D eigenvalue weighted by atomic mass is 10.4. The van der Waals surface area contributed by atoms with Crippen LogP contribution in [0.3, 0.4) is 0 Å². The topological polar surface area (TPSA) is 90.1 Å². The van der Waals surface area contributed by atoms with Crippen LogP contribution in [0, 0.1) is 0 Å². The second kappa shape index (κ2) is 4.38. The number of carboxylic acids is 1. The molecule has 88 valence electrons. The van der Waals surface area contributed by atoms with Gasteiger partial charge in [0, 0.05) is 6.07 Å². The van der Waals surface area contributed by atoms with E-state index in [9.17, 15) is 4.79 Å². The number of aromatic nitrogens is 4. The van der Waals surface area contributed by atoms with E-state index in [4.69, 9.17) is 21.4 Å². The molecular formula is C9H7ClN4O3. The normalized spacial score (nSPS) is 10.2. The monoisotopic (exact) mass is 254 g/mol. The number of hydrogen-bond donors (Lipinski definition) is 1. The Morgan fingerprint density at radius 3 is 2.94 bits per heavy atom. The van der Waals surface area contributed by atoms with Gasteiger partial charge in [0.25, 0.3) is 0 Å². The van der Waals surface area contributed by atoms with Crippen molar-refractivity contribution in [1.82, 2.24) is 20.0 Å². The minimum atomic E-state index is -1.16. The predicted octanol–water partition coefficient (Wildman–Crippen LogP) is 1.02. The van der Waals surface area contributed by atoms with Crippen LogP contribution in [-0.2, 0) is 0 Å². The summed E-state index contributed by atoms with van der Waals surface area (Å²) in [5, 5.41) is 16.2. The number of carboxylic acid groups (broad SMARTS) is 1. The summed E-state index contributed by atoms with van der Waals surface area (Å²) in [5.74, 6) is -0.744. The first kappa shape index (κ1) is 11.3. The van der Waals surface area contributed by atoms with Gasteiger partial charge in [-0.05, 0) is 0 Å². The van der Waals surface area contributed by atoms with Gasteiger partial charge in [0.1, 0.15) is 10.8 Å². The summed E-state index contributed by atoms with van der Waals surface area (Å²) in [6, 6.07) is 1.50. The standard InChI is InChI=1S/C9H7ClN4O3/c1-17-7-3-11-8(10)2-6(7)14-4-5(9(15)16)12-13-14/h2-4H,1H3,(H,15,16). The van der Waals surface area contributed by atoms with Crippen LogP contribution in [0.4, 0.5) is 0 Å². The molecule has 1 N–H and O–H groups in total. The summed E-state index contributed by atoms with van der Waals surface area (Å²) < 4.78 is 6.33. The summed E-state index contributed by atoms with van der Waals surface area (Å²) in [5.41, 5.74) is 0.299. The highest BCUT2D eigenvalue weighted by atomic mass is 35.5. The SMILES string of the molecule is COc1cnc(Cl)cc1-n1cc(C(=O)O)nn1. The molecule has 0 saturated carbocycles. The molecule has 2 aromatic rings. The van der Waals surface area contributed by atoms with Gasteiger partial charge in [0.15, 0.2) is 11.4 Å². The van der Waals surface area contributed by atoms with Gasteiger partial charge < -0.3 is 9.84 Å². The number of pyridine rings is 1. The predicted molar refractivity (Wildman–Crippen MR) is 57.7 cm³/mol. The average Bonchev–Trinajstić information content (AvgIpc) is 2.78. The zero-order chi connectivity index (χ0) is 12.4. The number of halogens is 1. The molecule has 0 aromatic carbocycles. The number of carbonyl (C=O) groups is 1. The van der Waals surface area contributed by atoms with Crippen molar-refractivity contribution in [1.29, 1.82) is 0 Å². The Hall–Kier alpha value is -2.15. The number of methoxy groups -OCH3 is 1. The van der Waals surface area contributed by atoms with Gasteiger partial charge in [-0.3, -0.25) is 0 Å². The zero-order valence-corrected chi connectivity index (χ0v) is 9.42. The molecular weight excluding hydrogens is 248 g/mol. The number of aromatic carboxylic acids is 1. The second-order valence-corrected chi connectivity index (χ2v) is 3.42. The molecule has 0 radical (unpaired) electrons. The van der Waals surface area contributed by atoms with E-state index in [1.807, 2.05) is 0 Å². The van der Waals surface area contributed by atoms with Crippen LogP contribution in [0.5, 0.6) is 5.75 Å². The van der Waals surface area contributed by atoms with Crippen molar-refractivity contribution < 1.29 is 14.6 Å². The van der Waals surface area contributed by atoms with E-state index < -0.39 is 5.97 Å². The van der Waals surface area contributed by atoms with Crippen LogP contribution in [-0.4, -0.2) is 38.2 Å². The fourth-order valence-electron chi connectivity index (χ4n) is 1.22. The summed E-state index contributed by atoms with van der Waals surface area (Å²) >= 11 is 5.75. The summed E-state index contributed by atoms with van der Waals surface area (Å²) in [6.07, 6.45) is 2.68. The van der Waals surface area contributed by atoms with Gasteiger partial charge in [-0.1, -0.05) is 16.8 Å². The van der Waals surface area contributed by atoms with Gasteiger partial charge in [-0.25, -0.2) is 14.5 Å². The Morgan fingerprint density at radius 2 is 2.35 bits per heavy atom. The molecule has 2 heterocycles. The van der Waals surface area contributed by atoms with Gasteiger partial charge in [0.2, 0.25) is 0 Å². The number of rotatable bonds is 3. The maximum absolute atomic E-state index is 10.7. The van der Waals surface area contributed by atoms with E-state index in [2.05, 4.69) is 15.3 Å². The molecule has 0 spiro atoms. The summed E-state index contributed by atoms with van der Waals surface area (Å²) in [7, 11) is 1.46. The molecule has 0 aliphatic carbocycles. The van der Waals surface area contributed by atoms with Gasteiger partial charge >= 0.3 is 5.97 Å². The lowest BCUT2D eigenvalue weighted by Gasteiger charge is -2.06. The molecule has 0 aliphatic heterocycles. The molecule has 7 nitrogen and oxygen atoms in total. The van der Waals surface area contributed by atoms with Crippen molar-refractivity contribution in [3.63, 3.8) is 0 Å². The highest BCUT2D eigenvalue weighted by Crippen LogP contribution is 2.23. The molecule has 0 fully saturated rings. The molecule has 2 rings (SSSR count). The van der Waals surface area contributed by atoms with Crippen LogP contribution in [0.25, 0.3) is 5.69 Å². The first-order chi connectivity index (χ1) is 8.11. The fourth-order valence-corrected chi connectivity index (χ4v) is 1.38. The maximum Gasteiger partial charge on any atom is 0.358 e. The van der Waals surface area contributed by atoms with Crippen LogP contribution in [0.15, 0.2) is 18.5 Å². The smallest absolute Gasteiger partial charge is 0.358 e. The molecule has 0 saturated heterocycles. The minimum absolute atomic E-state index is 0.167. The van der Waals surface area contributed by atoms with E-state index in [0.717, 1.165) is 0 Å². The van der Waals surface area contributed by atoms with Gasteiger partial charge in [-0.2, -0.15) is 0 Å². The van der Waals surface area contributed by atoms with E-state index in [-0.39, 0.29) is 10.8 Å². The van der Waals surface area contributed by atoms with Crippen molar-refractivity contribution in [2.24, 2.45) is 0 Å². The Kier molecular flexibility index (Phi) is 2.92. The van der Waals surface area contributed by atoms with E-state index in [1.54, 1.807) is 0 Å². The Bertz CT molecular complexity index is 569. The number of ether oxygens (including phenoxy) is 1. The maximum atomic E-state index is 10.7. The highest BCUT2D eigenvalue weighted by molar-refractivity contribution is 6.29. The molecule has 0 aliphatic rings. The number of nitrogens with zero attached hydrogens (tertiary/aromatic N) is 4. The van der Waals surface area contributed by atoms with E-state index >= 15 is 0 Å². The third-order valence-corrected chi connectivity index (χ3v) is 2.20. The molecule has 17 heavy (non-hydrogen) atoms. The molecule has 0 amide bonds. The van der Waals surface area contributed by atoms with Crippen molar-refractivity contribution in [2.45, 2.75) is 0 Å². The highest BCUT2D eigenvalue weighted by Gasteiger charge is 2.13. The Balaban J connectivity index is 2.51. The van der Waals surface area contributed by atoms with Gasteiger partial charge in [0.05, 0.1) is 19.5 Å². The minimum Gasteiger partial charge on any atom is -0.493 e. The van der Waals surface area contributed by atoms with E-state index in [0.29, 0.717) is 11.4 Å². The van der Waals surface area contributed by atoms with Crippen molar-refractivity contribution in [3.05, 3.63) is 29.3 Å². The van der Waals surface area contributed by atoms with Crippen LogP contribution in [0.1, 0.15) is 10.5 Å². The Labute approximate surface area is 101 Å². The molecule has 0 unspecified atom stereocenters. The zero-order valence-electron chi connectivity index (χ0n) is 8.66. The van der Waals surface area contributed by atoms with Crippen molar-refractivity contribution in [2.75, 3.05) is 7.11 Å². The molecule has 0 atom stereocenters. The van der Waals surface area contributed by atoms with Crippen LogP contribution < -0.4 is 4.74 Å². The molecule has 2 aromatic heterocycles. The first-order valence-corrected chi connectivity index (χ1v) is 4.85. The van der Waals surface area contributed by atoms with Crippen LogP contribution >= 0.6 is 11.6 Å². The third-order valence-electron chi connectivity index (χ3n) is 1.99. The third kappa shape index (κ3) is 2.18.